The molecule has 0 N–H and O–H groups in total. The molecule has 1 aromatic heterocycles. The second-order valence-electron chi connectivity index (χ2n) is 5.06. The molecule has 0 radical (unpaired) electrons. The first-order valence-electron chi connectivity index (χ1n) is 7.23. The van der Waals surface area contributed by atoms with Gasteiger partial charge >= 0.3 is 6.18 Å². The Morgan fingerprint density at radius 1 is 1.04 bits per heavy atom. The van der Waals surface area contributed by atoms with E-state index in [1.165, 1.54) is 23.9 Å². The number of alkyl halides is 3. The summed E-state index contributed by atoms with van der Waals surface area (Å²) < 4.78 is 48.5. The van der Waals surface area contributed by atoms with E-state index in [0.29, 0.717) is 28.2 Å². The molecule has 0 atom stereocenters. The molecule has 3 rings (SSSR count). The van der Waals surface area contributed by atoms with E-state index in [-0.39, 0.29) is 0 Å². The zero-order valence-electron chi connectivity index (χ0n) is 13.1. The van der Waals surface area contributed by atoms with Gasteiger partial charge in [-0.25, -0.2) is 0 Å². The maximum Gasteiger partial charge on any atom is 0.416 e. The number of methoxy groups -OCH3 is 1. The zero-order valence-corrected chi connectivity index (χ0v) is 13.9. The molecule has 3 aromatic rings. The van der Waals surface area contributed by atoms with Crippen molar-refractivity contribution in [3.63, 3.8) is 0 Å². The maximum atomic E-state index is 12.5. The normalized spacial score (nSPS) is 11.5. The molecule has 0 bridgehead atoms. The van der Waals surface area contributed by atoms with Crippen molar-refractivity contribution in [1.82, 2.24) is 10.2 Å². The van der Waals surface area contributed by atoms with E-state index in [1.807, 2.05) is 12.1 Å². The largest absolute Gasteiger partial charge is 0.496 e. The van der Waals surface area contributed by atoms with E-state index in [9.17, 15) is 13.2 Å². The van der Waals surface area contributed by atoms with Crippen LogP contribution in [0, 0.1) is 0 Å². The summed E-state index contributed by atoms with van der Waals surface area (Å²) in [5.74, 6) is 1.36. The standard InChI is InChI=1S/C17H13F3N2O2S/c1-23-14-5-3-2-4-13(14)15-21-22-16(24-15)25-10-11-6-8-12(9-7-11)17(18,19)20/h2-9H,10H2,1H3. The third kappa shape index (κ3) is 4.14. The van der Waals surface area contributed by atoms with Gasteiger partial charge in [0.2, 0.25) is 0 Å². The Morgan fingerprint density at radius 3 is 2.44 bits per heavy atom. The van der Waals surface area contributed by atoms with Gasteiger partial charge in [0.1, 0.15) is 5.75 Å². The molecule has 0 aliphatic carbocycles. The molecule has 4 nitrogen and oxygen atoms in total. The van der Waals surface area contributed by atoms with Crippen molar-refractivity contribution in [3.8, 4) is 17.2 Å². The number of hydrogen-bond donors (Lipinski definition) is 0. The van der Waals surface area contributed by atoms with Gasteiger partial charge in [-0.2, -0.15) is 13.2 Å². The van der Waals surface area contributed by atoms with Crippen molar-refractivity contribution in [3.05, 3.63) is 59.7 Å². The molecule has 0 amide bonds. The summed E-state index contributed by atoms with van der Waals surface area (Å²) in [5, 5.41) is 8.27. The molecule has 0 spiro atoms. The van der Waals surface area contributed by atoms with E-state index >= 15 is 0 Å². The van der Waals surface area contributed by atoms with Crippen molar-refractivity contribution in [2.45, 2.75) is 17.2 Å². The Bertz CT molecular complexity index is 848. The summed E-state index contributed by atoms with van der Waals surface area (Å²) in [6.07, 6.45) is -4.33. The van der Waals surface area contributed by atoms with Crippen molar-refractivity contribution >= 4 is 11.8 Å². The molecule has 2 aromatic carbocycles. The Balaban J connectivity index is 1.68. The van der Waals surface area contributed by atoms with Gasteiger partial charge in [0.05, 0.1) is 18.2 Å². The molecular formula is C17H13F3N2O2S. The molecule has 0 aliphatic rings. The van der Waals surface area contributed by atoms with Crippen LogP contribution in [0.4, 0.5) is 13.2 Å². The average Bonchev–Trinajstić information content (AvgIpc) is 3.08. The molecule has 1 heterocycles. The minimum atomic E-state index is -4.33. The van der Waals surface area contributed by atoms with Crippen LogP contribution in [0.15, 0.2) is 58.2 Å². The van der Waals surface area contributed by atoms with Crippen molar-refractivity contribution < 1.29 is 22.3 Å². The van der Waals surface area contributed by atoms with Gasteiger partial charge < -0.3 is 9.15 Å². The summed E-state index contributed by atoms with van der Waals surface area (Å²) in [4.78, 5) is 0. The van der Waals surface area contributed by atoms with Crippen LogP contribution in [0.25, 0.3) is 11.5 Å². The molecule has 0 saturated heterocycles. The van der Waals surface area contributed by atoms with Gasteiger partial charge in [-0.05, 0) is 29.8 Å². The Hall–Kier alpha value is -2.48. The molecular weight excluding hydrogens is 353 g/mol. The van der Waals surface area contributed by atoms with E-state index in [4.69, 9.17) is 9.15 Å². The second-order valence-corrected chi connectivity index (χ2v) is 5.98. The molecule has 130 valence electrons. The van der Waals surface area contributed by atoms with Gasteiger partial charge in [0.25, 0.3) is 11.1 Å². The number of hydrogen-bond acceptors (Lipinski definition) is 5. The lowest BCUT2D eigenvalue weighted by atomic mass is 10.1. The van der Waals surface area contributed by atoms with E-state index in [0.717, 1.165) is 17.7 Å². The van der Waals surface area contributed by atoms with Gasteiger partial charge in [-0.3, -0.25) is 0 Å². The van der Waals surface area contributed by atoms with Crippen LogP contribution in [0.2, 0.25) is 0 Å². The predicted octanol–water partition coefficient (Wildman–Crippen LogP) is 5.06. The summed E-state index contributed by atoms with van der Waals surface area (Å²) in [6.45, 7) is 0. The number of aromatic nitrogens is 2. The third-order valence-corrected chi connectivity index (χ3v) is 4.28. The quantitative estimate of drug-likeness (QED) is 0.591. The second kappa shape index (κ2) is 7.18. The van der Waals surface area contributed by atoms with E-state index < -0.39 is 11.7 Å². The molecule has 25 heavy (non-hydrogen) atoms. The smallest absolute Gasteiger partial charge is 0.416 e. The molecule has 0 unspecified atom stereocenters. The van der Waals surface area contributed by atoms with Crippen LogP contribution in [0.1, 0.15) is 11.1 Å². The minimum absolute atomic E-state index is 0.326. The highest BCUT2D eigenvalue weighted by atomic mass is 32.2. The number of thioether (sulfide) groups is 1. The fourth-order valence-electron chi connectivity index (χ4n) is 2.13. The molecule has 0 saturated carbocycles. The van der Waals surface area contributed by atoms with Gasteiger partial charge in [0.15, 0.2) is 0 Å². The number of halogens is 3. The van der Waals surface area contributed by atoms with Crippen LogP contribution in [0.3, 0.4) is 0 Å². The van der Waals surface area contributed by atoms with Gasteiger partial charge in [-0.15, -0.1) is 10.2 Å². The number of benzene rings is 2. The first-order valence-corrected chi connectivity index (χ1v) is 8.22. The number of rotatable bonds is 5. The first-order chi connectivity index (χ1) is 12.0. The maximum absolute atomic E-state index is 12.5. The monoisotopic (exact) mass is 366 g/mol. The number of ether oxygens (including phenoxy) is 1. The number of para-hydroxylation sites is 1. The van der Waals surface area contributed by atoms with Crippen molar-refractivity contribution in [1.29, 1.82) is 0 Å². The van der Waals surface area contributed by atoms with Crippen molar-refractivity contribution in [2.24, 2.45) is 0 Å². The first kappa shape index (κ1) is 17.3. The van der Waals surface area contributed by atoms with Gasteiger partial charge in [-0.1, -0.05) is 36.0 Å². The Kier molecular flexibility index (Phi) is 4.98. The molecule has 0 fully saturated rings. The lowest BCUT2D eigenvalue weighted by Gasteiger charge is -2.06. The highest BCUT2D eigenvalue weighted by molar-refractivity contribution is 7.98. The van der Waals surface area contributed by atoms with E-state index in [1.54, 1.807) is 19.2 Å². The van der Waals surface area contributed by atoms with Crippen LogP contribution >= 0.6 is 11.8 Å². The fourth-order valence-corrected chi connectivity index (χ4v) is 2.85. The number of nitrogens with zero attached hydrogens (tertiary/aromatic N) is 2. The molecule has 0 aliphatic heterocycles. The SMILES string of the molecule is COc1ccccc1-c1nnc(SCc2ccc(C(F)(F)F)cc2)o1. The third-order valence-electron chi connectivity index (χ3n) is 3.39. The lowest BCUT2D eigenvalue weighted by molar-refractivity contribution is -0.137. The Labute approximate surface area is 146 Å². The Morgan fingerprint density at radius 2 is 1.76 bits per heavy atom. The summed E-state index contributed by atoms with van der Waals surface area (Å²) >= 11 is 1.25. The summed E-state index contributed by atoms with van der Waals surface area (Å²) in [7, 11) is 1.55. The predicted molar refractivity (Wildman–Crippen MR) is 87.3 cm³/mol. The highest BCUT2D eigenvalue weighted by Crippen LogP contribution is 2.32. The molecule has 8 heteroatoms. The summed E-state index contributed by atoms with van der Waals surface area (Å²) in [5.41, 5.74) is 0.742. The van der Waals surface area contributed by atoms with Crippen LogP contribution in [-0.4, -0.2) is 17.3 Å². The fraction of sp³-hybridized carbons (Fsp3) is 0.176. The van der Waals surface area contributed by atoms with E-state index in [2.05, 4.69) is 10.2 Å². The lowest BCUT2D eigenvalue weighted by Crippen LogP contribution is -2.04. The van der Waals surface area contributed by atoms with Crippen LogP contribution in [-0.2, 0) is 11.9 Å². The summed E-state index contributed by atoms with van der Waals surface area (Å²) in [6, 6.07) is 12.2. The van der Waals surface area contributed by atoms with Crippen molar-refractivity contribution in [2.75, 3.05) is 7.11 Å². The highest BCUT2D eigenvalue weighted by Gasteiger charge is 2.29. The minimum Gasteiger partial charge on any atom is -0.496 e. The topological polar surface area (TPSA) is 48.2 Å². The van der Waals surface area contributed by atoms with Gasteiger partial charge in [0, 0.05) is 5.75 Å². The van der Waals surface area contributed by atoms with Crippen LogP contribution < -0.4 is 4.74 Å². The zero-order chi connectivity index (χ0) is 17.9. The van der Waals surface area contributed by atoms with Crippen LogP contribution in [0.5, 0.6) is 5.75 Å². The average molecular weight is 366 g/mol.